The lowest BCUT2D eigenvalue weighted by atomic mass is 10.0. The van der Waals surface area contributed by atoms with Gasteiger partial charge in [0.1, 0.15) is 6.10 Å². The molecule has 0 radical (unpaired) electrons. The predicted molar refractivity (Wildman–Crippen MR) is 209 cm³/mol. The molecule has 0 saturated heterocycles. The number of unbranched alkanes of at least 4 members (excludes halogenated alkanes) is 29. The summed E-state index contributed by atoms with van der Waals surface area (Å²) in [6.45, 7) is 4.56. The fourth-order valence-corrected chi connectivity index (χ4v) is 6.77. The van der Waals surface area contributed by atoms with Crippen LogP contribution in [-0.4, -0.2) is 23.1 Å². The molecule has 0 amide bonds. The Morgan fingerprint density at radius 3 is 1.15 bits per heavy atom. The van der Waals surface area contributed by atoms with Gasteiger partial charge in [-0.1, -0.05) is 187 Å². The SMILES string of the molecule is CCCCCCCCCC/C=C\CCCCCC(CCCCCCCC(=O)O)OC(=O)CCCCCCCCCCCCCCCCC. The van der Waals surface area contributed by atoms with Gasteiger partial charge in [0.15, 0.2) is 0 Å². The van der Waals surface area contributed by atoms with Crippen LogP contribution in [-0.2, 0) is 14.3 Å². The van der Waals surface area contributed by atoms with Crippen molar-refractivity contribution in [3.8, 4) is 0 Å². The molecule has 4 nitrogen and oxygen atoms in total. The molecule has 0 rings (SSSR count). The first-order valence-corrected chi connectivity index (χ1v) is 21.7. The number of aliphatic carboxylic acids is 1. The van der Waals surface area contributed by atoms with Crippen molar-refractivity contribution in [3.05, 3.63) is 12.2 Å². The molecule has 0 aliphatic rings. The molecule has 1 N–H and O–H groups in total. The number of esters is 1. The van der Waals surface area contributed by atoms with E-state index in [9.17, 15) is 9.59 Å². The molecule has 48 heavy (non-hydrogen) atoms. The Labute approximate surface area is 300 Å². The third-order valence-corrected chi connectivity index (χ3v) is 9.99. The largest absolute Gasteiger partial charge is 0.481 e. The van der Waals surface area contributed by atoms with Crippen LogP contribution in [0.1, 0.15) is 251 Å². The third-order valence-electron chi connectivity index (χ3n) is 9.99. The highest BCUT2D eigenvalue weighted by molar-refractivity contribution is 5.69. The van der Waals surface area contributed by atoms with Gasteiger partial charge in [-0.25, -0.2) is 0 Å². The van der Waals surface area contributed by atoms with Crippen molar-refractivity contribution in [1.82, 2.24) is 0 Å². The van der Waals surface area contributed by atoms with Gasteiger partial charge >= 0.3 is 11.9 Å². The van der Waals surface area contributed by atoms with Crippen molar-refractivity contribution >= 4 is 11.9 Å². The van der Waals surface area contributed by atoms with Crippen LogP contribution in [0.2, 0.25) is 0 Å². The smallest absolute Gasteiger partial charge is 0.306 e. The Kier molecular flexibility index (Phi) is 39.0. The predicted octanol–water partition coefficient (Wildman–Crippen LogP) is 15.0. The van der Waals surface area contributed by atoms with Crippen molar-refractivity contribution in [2.45, 2.75) is 258 Å². The second kappa shape index (κ2) is 40.1. The van der Waals surface area contributed by atoms with E-state index in [2.05, 4.69) is 26.0 Å². The zero-order valence-electron chi connectivity index (χ0n) is 32.6. The molecule has 0 fully saturated rings. The van der Waals surface area contributed by atoms with Gasteiger partial charge in [-0.15, -0.1) is 0 Å². The van der Waals surface area contributed by atoms with Crippen LogP contribution in [0.3, 0.4) is 0 Å². The van der Waals surface area contributed by atoms with Crippen molar-refractivity contribution in [3.63, 3.8) is 0 Å². The molecule has 1 unspecified atom stereocenters. The number of rotatable bonds is 40. The van der Waals surface area contributed by atoms with E-state index in [-0.39, 0.29) is 18.5 Å². The Balaban J connectivity index is 4.01. The molecule has 284 valence electrons. The number of hydrogen-bond acceptors (Lipinski definition) is 3. The van der Waals surface area contributed by atoms with Crippen LogP contribution >= 0.6 is 0 Å². The molecular weight excluding hydrogens is 592 g/mol. The van der Waals surface area contributed by atoms with E-state index in [1.165, 1.54) is 154 Å². The molecule has 0 aromatic carbocycles. The Morgan fingerprint density at radius 1 is 0.438 bits per heavy atom. The van der Waals surface area contributed by atoms with E-state index >= 15 is 0 Å². The highest BCUT2D eigenvalue weighted by atomic mass is 16.5. The molecule has 0 aromatic rings. The maximum Gasteiger partial charge on any atom is 0.306 e. The quantitative estimate of drug-likeness (QED) is 0.0398. The molecule has 0 bridgehead atoms. The Hall–Kier alpha value is -1.32. The number of carbonyl (C=O) groups excluding carboxylic acids is 1. The van der Waals surface area contributed by atoms with E-state index in [1.807, 2.05) is 0 Å². The lowest BCUT2D eigenvalue weighted by Gasteiger charge is -2.18. The summed E-state index contributed by atoms with van der Waals surface area (Å²) >= 11 is 0. The van der Waals surface area contributed by atoms with Gasteiger partial charge in [0.25, 0.3) is 0 Å². The minimum absolute atomic E-state index is 0.0000417. The first-order valence-electron chi connectivity index (χ1n) is 21.7. The van der Waals surface area contributed by atoms with Gasteiger partial charge in [0, 0.05) is 12.8 Å². The van der Waals surface area contributed by atoms with Crippen LogP contribution in [0, 0.1) is 0 Å². The molecule has 0 spiro atoms. The van der Waals surface area contributed by atoms with Crippen LogP contribution in [0.5, 0.6) is 0 Å². The summed E-state index contributed by atoms with van der Waals surface area (Å²) in [4.78, 5) is 23.4. The number of hydrogen-bond donors (Lipinski definition) is 1. The van der Waals surface area contributed by atoms with Gasteiger partial charge in [0.2, 0.25) is 0 Å². The molecule has 0 aromatic heterocycles. The molecule has 0 heterocycles. The summed E-state index contributed by atoms with van der Waals surface area (Å²) < 4.78 is 6.02. The van der Waals surface area contributed by atoms with Gasteiger partial charge in [-0.2, -0.15) is 0 Å². The number of carboxylic acid groups (broad SMARTS) is 1. The number of carboxylic acids is 1. The second-order valence-electron chi connectivity index (χ2n) is 14.9. The normalized spacial score (nSPS) is 12.2. The zero-order chi connectivity index (χ0) is 35.0. The molecular formula is C44H84O4. The maximum absolute atomic E-state index is 12.7. The molecule has 0 aliphatic heterocycles. The van der Waals surface area contributed by atoms with E-state index in [0.29, 0.717) is 6.42 Å². The zero-order valence-corrected chi connectivity index (χ0v) is 32.6. The van der Waals surface area contributed by atoms with Crippen molar-refractivity contribution in [2.24, 2.45) is 0 Å². The topological polar surface area (TPSA) is 63.6 Å². The highest BCUT2D eigenvalue weighted by Gasteiger charge is 2.14. The molecule has 0 aliphatic carbocycles. The summed E-state index contributed by atoms with van der Waals surface area (Å²) in [6.07, 6.45) is 49.5. The van der Waals surface area contributed by atoms with E-state index in [1.54, 1.807) is 0 Å². The monoisotopic (exact) mass is 677 g/mol. The first kappa shape index (κ1) is 46.7. The second-order valence-corrected chi connectivity index (χ2v) is 14.9. The van der Waals surface area contributed by atoms with Crippen molar-refractivity contribution in [2.75, 3.05) is 0 Å². The Bertz CT molecular complexity index is 687. The summed E-state index contributed by atoms with van der Waals surface area (Å²) in [5.74, 6) is -0.699. The lowest BCUT2D eigenvalue weighted by Crippen LogP contribution is -2.18. The standard InChI is InChI=1S/C44H84O4/c1-3-5-7-9-11-13-15-17-19-21-23-25-27-30-34-38-42(39-35-31-29-32-36-40-43(45)46)48-44(47)41-37-33-28-26-24-22-20-18-16-14-12-10-8-6-4-2/h21,23,42H,3-20,22,24-41H2,1-2H3,(H,45,46)/b23-21-. The fraction of sp³-hybridized carbons (Fsp3) is 0.909. The molecule has 4 heteroatoms. The first-order chi connectivity index (χ1) is 23.6. The van der Waals surface area contributed by atoms with Gasteiger partial charge < -0.3 is 9.84 Å². The van der Waals surface area contributed by atoms with Gasteiger partial charge in [0.05, 0.1) is 0 Å². The minimum Gasteiger partial charge on any atom is -0.481 e. The number of carbonyl (C=O) groups is 2. The molecule has 1 atom stereocenters. The van der Waals surface area contributed by atoms with Gasteiger partial charge in [-0.3, -0.25) is 9.59 Å². The Morgan fingerprint density at radius 2 is 0.750 bits per heavy atom. The van der Waals surface area contributed by atoms with E-state index in [0.717, 1.165) is 70.6 Å². The van der Waals surface area contributed by atoms with E-state index in [4.69, 9.17) is 9.84 Å². The maximum atomic E-state index is 12.7. The lowest BCUT2D eigenvalue weighted by molar-refractivity contribution is -0.150. The van der Waals surface area contributed by atoms with Crippen LogP contribution in [0.4, 0.5) is 0 Å². The minimum atomic E-state index is -0.699. The summed E-state index contributed by atoms with van der Waals surface area (Å²) in [5, 5.41) is 8.83. The van der Waals surface area contributed by atoms with Crippen molar-refractivity contribution in [1.29, 1.82) is 0 Å². The van der Waals surface area contributed by atoms with Crippen LogP contribution in [0.15, 0.2) is 12.2 Å². The summed E-state index contributed by atoms with van der Waals surface area (Å²) in [7, 11) is 0. The van der Waals surface area contributed by atoms with Crippen LogP contribution < -0.4 is 0 Å². The average molecular weight is 677 g/mol. The van der Waals surface area contributed by atoms with Crippen molar-refractivity contribution < 1.29 is 19.4 Å². The molecule has 0 saturated carbocycles. The highest BCUT2D eigenvalue weighted by Crippen LogP contribution is 2.19. The average Bonchev–Trinajstić information content (AvgIpc) is 3.07. The summed E-state index contributed by atoms with van der Waals surface area (Å²) in [6, 6.07) is 0. The van der Waals surface area contributed by atoms with Gasteiger partial charge in [-0.05, 0) is 64.2 Å². The summed E-state index contributed by atoms with van der Waals surface area (Å²) in [5.41, 5.74) is 0. The van der Waals surface area contributed by atoms with E-state index < -0.39 is 5.97 Å². The number of allylic oxidation sites excluding steroid dienone is 2. The third kappa shape index (κ3) is 39.1. The number of ether oxygens (including phenoxy) is 1. The van der Waals surface area contributed by atoms with Crippen LogP contribution in [0.25, 0.3) is 0 Å². The fourth-order valence-electron chi connectivity index (χ4n) is 6.77.